The van der Waals surface area contributed by atoms with Gasteiger partial charge in [0.1, 0.15) is 18.2 Å². The van der Waals surface area contributed by atoms with Gasteiger partial charge in [0.15, 0.2) is 0 Å². The summed E-state index contributed by atoms with van der Waals surface area (Å²) in [6.07, 6.45) is 0. The molecule has 1 aliphatic heterocycles. The van der Waals surface area contributed by atoms with Crippen molar-refractivity contribution in [3.63, 3.8) is 0 Å². The molecule has 0 aromatic heterocycles. The number of halogens is 1. The molecular weight excluding hydrogens is 307 g/mol. The minimum Gasteiger partial charge on any atom is -0.491 e. The van der Waals surface area contributed by atoms with Crippen LogP contribution >= 0.6 is 0 Å². The van der Waals surface area contributed by atoms with Gasteiger partial charge in [0.05, 0.1) is 18.0 Å². The smallest absolute Gasteiger partial charge is 0.227 e. The van der Waals surface area contributed by atoms with Crippen molar-refractivity contribution in [2.24, 2.45) is 0 Å². The standard InChI is InChI=1S/C19H21FN2O2/c1-12(13-7-9-14(20)10-8-13)19(23)22-16-11-24-17-6-4-3-5-15(17)18(16)21-2/h3-10,12,16,18,21H,11H2,1-2H3,(H,22,23)/t12?,16-,18-/m1/s1. The van der Waals surface area contributed by atoms with E-state index in [1.54, 1.807) is 12.1 Å². The van der Waals surface area contributed by atoms with E-state index in [-0.39, 0.29) is 29.7 Å². The van der Waals surface area contributed by atoms with Crippen molar-refractivity contribution in [2.45, 2.75) is 24.9 Å². The Labute approximate surface area is 141 Å². The van der Waals surface area contributed by atoms with Gasteiger partial charge in [-0.05, 0) is 37.7 Å². The highest BCUT2D eigenvalue weighted by Crippen LogP contribution is 2.32. The first-order chi connectivity index (χ1) is 11.6. The Morgan fingerprint density at radius 1 is 1.21 bits per heavy atom. The van der Waals surface area contributed by atoms with Crippen LogP contribution in [0.25, 0.3) is 0 Å². The van der Waals surface area contributed by atoms with Crippen molar-refractivity contribution >= 4 is 5.91 Å². The third-order valence-electron chi connectivity index (χ3n) is 4.48. The second kappa shape index (κ2) is 7.01. The van der Waals surface area contributed by atoms with E-state index in [2.05, 4.69) is 10.6 Å². The normalized spacial score (nSPS) is 20.6. The summed E-state index contributed by atoms with van der Waals surface area (Å²) in [6, 6.07) is 13.7. The number of fused-ring (bicyclic) bond motifs is 1. The Balaban J connectivity index is 1.73. The highest BCUT2D eigenvalue weighted by atomic mass is 19.1. The van der Waals surface area contributed by atoms with Gasteiger partial charge < -0.3 is 15.4 Å². The highest BCUT2D eigenvalue weighted by molar-refractivity contribution is 5.83. The third kappa shape index (κ3) is 3.26. The van der Waals surface area contributed by atoms with Crippen LogP contribution in [-0.2, 0) is 4.79 Å². The fraction of sp³-hybridized carbons (Fsp3) is 0.316. The molecule has 1 amide bonds. The lowest BCUT2D eigenvalue weighted by Gasteiger charge is -2.34. The zero-order chi connectivity index (χ0) is 17.1. The van der Waals surface area contributed by atoms with Gasteiger partial charge in [0, 0.05) is 5.56 Å². The summed E-state index contributed by atoms with van der Waals surface area (Å²) in [6.45, 7) is 2.22. The Bertz CT molecular complexity index is 718. The molecule has 2 N–H and O–H groups in total. The van der Waals surface area contributed by atoms with Crippen molar-refractivity contribution in [3.8, 4) is 5.75 Å². The second-order valence-corrected chi connectivity index (χ2v) is 6.00. The predicted octanol–water partition coefficient (Wildman–Crippen LogP) is 2.77. The minimum atomic E-state index is -0.361. The molecule has 0 spiro atoms. The van der Waals surface area contributed by atoms with Gasteiger partial charge in [0.2, 0.25) is 5.91 Å². The molecule has 2 aromatic carbocycles. The quantitative estimate of drug-likeness (QED) is 0.907. The maximum Gasteiger partial charge on any atom is 0.227 e. The van der Waals surface area contributed by atoms with Crippen molar-refractivity contribution in [3.05, 3.63) is 65.5 Å². The Kier molecular flexibility index (Phi) is 4.81. The molecule has 0 radical (unpaired) electrons. The lowest BCUT2D eigenvalue weighted by Crippen LogP contribution is -2.50. The molecule has 0 fully saturated rings. The Morgan fingerprint density at radius 3 is 2.62 bits per heavy atom. The van der Waals surface area contributed by atoms with Crippen molar-refractivity contribution in [1.29, 1.82) is 0 Å². The number of carbonyl (C=O) groups excluding carboxylic acids is 1. The zero-order valence-corrected chi connectivity index (χ0v) is 13.8. The van der Waals surface area contributed by atoms with Gasteiger partial charge in [-0.15, -0.1) is 0 Å². The Hall–Kier alpha value is -2.40. The van der Waals surface area contributed by atoms with Crippen LogP contribution in [0.4, 0.5) is 4.39 Å². The molecule has 24 heavy (non-hydrogen) atoms. The van der Waals surface area contributed by atoms with Crippen molar-refractivity contribution < 1.29 is 13.9 Å². The maximum absolute atomic E-state index is 13.0. The first-order valence-corrected chi connectivity index (χ1v) is 8.05. The van der Waals surface area contributed by atoms with Gasteiger partial charge in [0.25, 0.3) is 0 Å². The molecular formula is C19H21FN2O2. The molecule has 0 aliphatic carbocycles. The number of rotatable bonds is 4. The van der Waals surface area contributed by atoms with Crippen molar-refractivity contribution in [2.75, 3.05) is 13.7 Å². The lowest BCUT2D eigenvalue weighted by molar-refractivity contribution is -0.123. The summed E-state index contributed by atoms with van der Waals surface area (Å²) >= 11 is 0. The Morgan fingerprint density at radius 2 is 1.92 bits per heavy atom. The molecule has 4 nitrogen and oxygen atoms in total. The molecule has 0 saturated heterocycles. The second-order valence-electron chi connectivity index (χ2n) is 6.00. The molecule has 1 heterocycles. The fourth-order valence-corrected chi connectivity index (χ4v) is 3.05. The summed E-state index contributed by atoms with van der Waals surface area (Å²) in [4.78, 5) is 12.6. The van der Waals surface area contributed by atoms with Gasteiger partial charge >= 0.3 is 0 Å². The van der Waals surface area contributed by atoms with Crippen LogP contribution in [0, 0.1) is 5.82 Å². The van der Waals surface area contributed by atoms with Crippen molar-refractivity contribution in [1.82, 2.24) is 10.6 Å². The first kappa shape index (κ1) is 16.5. The maximum atomic E-state index is 13.0. The summed E-state index contributed by atoms with van der Waals surface area (Å²) in [5.74, 6) is 0.0722. The van der Waals surface area contributed by atoms with Crippen LogP contribution in [-0.4, -0.2) is 25.6 Å². The highest BCUT2D eigenvalue weighted by Gasteiger charge is 2.31. The monoisotopic (exact) mass is 328 g/mol. The van der Waals surface area contributed by atoms with E-state index >= 15 is 0 Å². The van der Waals surface area contributed by atoms with Crippen LogP contribution in [0.5, 0.6) is 5.75 Å². The molecule has 1 unspecified atom stereocenters. The number of hydrogen-bond acceptors (Lipinski definition) is 3. The molecule has 3 atom stereocenters. The van der Waals surface area contributed by atoms with E-state index in [4.69, 9.17) is 4.74 Å². The number of likely N-dealkylation sites (N-methyl/N-ethyl adjacent to an activating group) is 1. The molecule has 5 heteroatoms. The van der Waals surface area contributed by atoms with E-state index in [1.165, 1.54) is 12.1 Å². The van der Waals surface area contributed by atoms with Crippen LogP contribution in [0.15, 0.2) is 48.5 Å². The molecule has 0 saturated carbocycles. The molecule has 2 aromatic rings. The number of ether oxygens (including phenoxy) is 1. The number of carbonyl (C=O) groups is 1. The van der Waals surface area contributed by atoms with Gasteiger partial charge in [-0.3, -0.25) is 4.79 Å². The average Bonchev–Trinajstić information content (AvgIpc) is 2.61. The van der Waals surface area contributed by atoms with E-state index in [0.717, 1.165) is 16.9 Å². The number of hydrogen-bond donors (Lipinski definition) is 2. The molecule has 126 valence electrons. The lowest BCUT2D eigenvalue weighted by atomic mass is 9.94. The zero-order valence-electron chi connectivity index (χ0n) is 13.8. The van der Waals surface area contributed by atoms with Crippen LogP contribution < -0.4 is 15.4 Å². The van der Waals surface area contributed by atoms with E-state index in [1.807, 2.05) is 38.2 Å². The van der Waals surface area contributed by atoms with Crippen LogP contribution in [0.1, 0.15) is 30.0 Å². The van der Waals surface area contributed by atoms with Gasteiger partial charge in [-0.1, -0.05) is 30.3 Å². The third-order valence-corrected chi connectivity index (χ3v) is 4.48. The minimum absolute atomic E-state index is 0.0145. The molecule has 1 aliphatic rings. The number of benzene rings is 2. The van der Waals surface area contributed by atoms with Crippen LogP contribution in [0.2, 0.25) is 0 Å². The van der Waals surface area contributed by atoms with E-state index < -0.39 is 0 Å². The van der Waals surface area contributed by atoms with Crippen LogP contribution in [0.3, 0.4) is 0 Å². The fourth-order valence-electron chi connectivity index (χ4n) is 3.05. The molecule has 0 bridgehead atoms. The summed E-state index contributed by atoms with van der Waals surface area (Å²) < 4.78 is 18.8. The topological polar surface area (TPSA) is 50.4 Å². The summed E-state index contributed by atoms with van der Waals surface area (Å²) in [5.41, 5.74) is 1.82. The molecule has 3 rings (SSSR count). The van der Waals surface area contributed by atoms with Gasteiger partial charge in [-0.2, -0.15) is 0 Å². The number of para-hydroxylation sites is 1. The number of amides is 1. The van der Waals surface area contributed by atoms with Gasteiger partial charge in [-0.25, -0.2) is 4.39 Å². The summed E-state index contributed by atoms with van der Waals surface area (Å²) in [5, 5.41) is 6.31. The first-order valence-electron chi connectivity index (χ1n) is 8.05. The largest absolute Gasteiger partial charge is 0.491 e. The van der Waals surface area contributed by atoms with E-state index in [9.17, 15) is 9.18 Å². The SMILES string of the molecule is CN[C@@H]1c2ccccc2OC[C@H]1NC(=O)C(C)c1ccc(F)cc1. The number of nitrogens with one attached hydrogen (secondary N) is 2. The average molecular weight is 328 g/mol. The van der Waals surface area contributed by atoms with E-state index in [0.29, 0.717) is 6.61 Å². The predicted molar refractivity (Wildman–Crippen MR) is 90.5 cm³/mol. The summed E-state index contributed by atoms with van der Waals surface area (Å²) in [7, 11) is 1.87.